The average molecular weight is 354 g/mol. The minimum absolute atomic E-state index is 0.204. The Bertz CT molecular complexity index is 668. The molecule has 1 aromatic heterocycles. The van der Waals surface area contributed by atoms with Gasteiger partial charge in [-0.25, -0.2) is 14.8 Å². The van der Waals surface area contributed by atoms with Crippen LogP contribution in [-0.4, -0.2) is 45.2 Å². The van der Waals surface area contributed by atoms with Crippen LogP contribution in [0.2, 0.25) is 0 Å². The maximum atomic E-state index is 12.3. The second-order valence-corrected chi connectivity index (χ2v) is 9.08. The number of anilines is 1. The first-order valence-corrected chi connectivity index (χ1v) is 9.25. The van der Waals surface area contributed by atoms with Crippen LogP contribution in [0.1, 0.15) is 46.1 Å². The average Bonchev–Trinajstić information content (AvgIpc) is 2.85. The van der Waals surface area contributed by atoms with Gasteiger partial charge in [-0.3, -0.25) is 4.21 Å². The molecule has 2 N–H and O–H groups in total. The van der Waals surface area contributed by atoms with Crippen LogP contribution >= 0.6 is 0 Å². The van der Waals surface area contributed by atoms with Gasteiger partial charge in [-0.1, -0.05) is 20.8 Å². The summed E-state index contributed by atoms with van der Waals surface area (Å²) in [6.45, 7) is 10.4. The number of ether oxygens (including phenoxy) is 1. The monoisotopic (exact) mass is 354 g/mol. The number of hydrogen-bond donors (Lipinski definition) is 2. The van der Waals surface area contributed by atoms with E-state index >= 15 is 0 Å². The Kier molecular flexibility index (Phi) is 5.17. The number of nitrogens with zero attached hydrogens (tertiary/aromatic N) is 2. The zero-order chi connectivity index (χ0) is 18.1. The van der Waals surface area contributed by atoms with Crippen LogP contribution in [0.25, 0.3) is 0 Å². The summed E-state index contributed by atoms with van der Waals surface area (Å²) in [5, 5.41) is 6.00. The maximum Gasteiger partial charge on any atom is 0.406 e. The fraction of sp³-hybridized carbons (Fsp3) is 0.688. The summed E-state index contributed by atoms with van der Waals surface area (Å²) < 4.78 is 16.9. The summed E-state index contributed by atoms with van der Waals surface area (Å²) >= 11 is 0. The molecule has 1 amide bonds. The first-order valence-electron chi connectivity index (χ1n) is 7.93. The molecule has 2 rings (SSSR count). The van der Waals surface area contributed by atoms with Crippen molar-refractivity contribution in [3.8, 4) is 0 Å². The smallest absolute Gasteiger partial charge is 0.406 e. The summed E-state index contributed by atoms with van der Waals surface area (Å²) in [4.78, 5) is 21.2. The van der Waals surface area contributed by atoms with Crippen LogP contribution in [0.4, 0.5) is 10.6 Å². The number of amides is 1. The lowest BCUT2D eigenvalue weighted by Crippen LogP contribution is -2.44. The number of aryl methyl sites for hydroxylation is 1. The molecule has 8 heteroatoms. The third kappa shape index (κ3) is 4.23. The third-order valence-electron chi connectivity index (χ3n) is 3.68. The molecule has 0 aliphatic carbocycles. The van der Waals surface area contributed by atoms with E-state index in [2.05, 4.69) is 25.3 Å². The van der Waals surface area contributed by atoms with E-state index in [4.69, 9.17) is 0 Å². The van der Waals surface area contributed by atoms with Crippen LogP contribution in [0, 0.1) is 0 Å². The molecule has 0 saturated heterocycles. The first kappa shape index (κ1) is 18.6. The molecule has 0 spiro atoms. The van der Waals surface area contributed by atoms with Gasteiger partial charge in [0.05, 0.1) is 29.1 Å². The second-order valence-electron chi connectivity index (χ2n) is 7.58. The molecule has 0 bridgehead atoms. The van der Waals surface area contributed by atoms with E-state index in [1.54, 1.807) is 0 Å². The van der Waals surface area contributed by atoms with Gasteiger partial charge in [-0.2, -0.15) is 0 Å². The lowest BCUT2D eigenvalue weighted by atomic mass is 9.95. The number of carbonyl (C=O) groups is 1. The van der Waals surface area contributed by atoms with Crippen LogP contribution in [0.3, 0.4) is 0 Å². The number of carbonyl (C=O) groups excluding carboxylic acids is 1. The lowest BCUT2D eigenvalue weighted by Gasteiger charge is -2.29. The quantitative estimate of drug-likeness (QED) is 0.859. The van der Waals surface area contributed by atoms with E-state index in [-0.39, 0.29) is 5.41 Å². The summed E-state index contributed by atoms with van der Waals surface area (Å²) in [7, 11) is 0.232. The molecule has 134 valence electrons. The summed E-state index contributed by atoms with van der Waals surface area (Å²) in [6.07, 6.45) is 0.208. The molecular formula is C16H26N4O3S. The van der Waals surface area contributed by atoms with E-state index < -0.39 is 22.4 Å². The molecule has 1 atom stereocenters. The van der Waals surface area contributed by atoms with Gasteiger partial charge in [0, 0.05) is 24.1 Å². The van der Waals surface area contributed by atoms with Gasteiger partial charge in [-0.15, -0.1) is 0 Å². The highest BCUT2D eigenvalue weighted by molar-refractivity contribution is 7.85. The van der Waals surface area contributed by atoms with E-state index in [0.29, 0.717) is 29.4 Å². The molecule has 0 aromatic carbocycles. The molecular weight excluding hydrogens is 328 g/mol. The number of nitrogens with one attached hydrogen (secondary N) is 2. The molecule has 2 heterocycles. The van der Waals surface area contributed by atoms with Crippen molar-refractivity contribution >= 4 is 22.7 Å². The molecule has 0 radical (unpaired) electrons. The Morgan fingerprint density at radius 3 is 2.50 bits per heavy atom. The fourth-order valence-electron chi connectivity index (χ4n) is 2.35. The molecule has 1 aromatic rings. The third-order valence-corrected chi connectivity index (χ3v) is 5.13. The Labute approximate surface area is 145 Å². The van der Waals surface area contributed by atoms with Gasteiger partial charge in [0.25, 0.3) is 0 Å². The summed E-state index contributed by atoms with van der Waals surface area (Å²) in [6, 6.07) is 0. The SMILES string of the molecule is COC(=O)NCC(C)(C)Nc1nc(C(C)(C)C)nc2c1S(=O)CC2. The van der Waals surface area contributed by atoms with E-state index in [1.165, 1.54) is 7.11 Å². The molecule has 1 aliphatic heterocycles. The summed E-state index contributed by atoms with van der Waals surface area (Å²) in [5.74, 6) is 1.89. The van der Waals surface area contributed by atoms with E-state index in [1.807, 2.05) is 34.6 Å². The number of fused-ring (bicyclic) bond motifs is 1. The van der Waals surface area contributed by atoms with Crippen molar-refractivity contribution in [2.75, 3.05) is 24.7 Å². The van der Waals surface area contributed by atoms with Gasteiger partial charge < -0.3 is 15.4 Å². The normalized spacial score (nSPS) is 17.3. The minimum Gasteiger partial charge on any atom is -0.453 e. The Balaban J connectivity index is 2.33. The number of alkyl carbamates (subject to hydrolysis) is 1. The van der Waals surface area contributed by atoms with E-state index in [0.717, 1.165) is 11.5 Å². The number of hydrogen-bond acceptors (Lipinski definition) is 6. The van der Waals surface area contributed by atoms with Gasteiger partial charge >= 0.3 is 6.09 Å². The Morgan fingerprint density at radius 2 is 1.92 bits per heavy atom. The lowest BCUT2D eigenvalue weighted by molar-refractivity contribution is 0.169. The predicted octanol–water partition coefficient (Wildman–Crippen LogP) is 1.98. The highest BCUT2D eigenvalue weighted by Crippen LogP contribution is 2.32. The molecule has 24 heavy (non-hydrogen) atoms. The zero-order valence-electron chi connectivity index (χ0n) is 15.1. The molecule has 7 nitrogen and oxygen atoms in total. The van der Waals surface area contributed by atoms with Crippen molar-refractivity contribution < 1.29 is 13.7 Å². The highest BCUT2D eigenvalue weighted by atomic mass is 32.2. The van der Waals surface area contributed by atoms with Gasteiger partial charge in [0.1, 0.15) is 16.5 Å². The van der Waals surface area contributed by atoms with Crippen LogP contribution in [0.5, 0.6) is 0 Å². The summed E-state index contributed by atoms with van der Waals surface area (Å²) in [5.41, 5.74) is 0.162. The van der Waals surface area contributed by atoms with Crippen LogP contribution in [0.15, 0.2) is 4.90 Å². The Hall–Kier alpha value is -1.70. The number of rotatable bonds is 4. The van der Waals surface area contributed by atoms with Crippen molar-refractivity contribution in [2.45, 2.75) is 56.9 Å². The van der Waals surface area contributed by atoms with Crippen molar-refractivity contribution in [1.29, 1.82) is 0 Å². The Morgan fingerprint density at radius 1 is 1.25 bits per heavy atom. The minimum atomic E-state index is -1.09. The molecule has 0 saturated carbocycles. The number of aromatic nitrogens is 2. The van der Waals surface area contributed by atoms with Gasteiger partial charge in [-0.05, 0) is 13.8 Å². The van der Waals surface area contributed by atoms with Crippen molar-refractivity contribution in [2.24, 2.45) is 0 Å². The predicted molar refractivity (Wildman–Crippen MR) is 93.8 cm³/mol. The van der Waals surface area contributed by atoms with Crippen molar-refractivity contribution in [1.82, 2.24) is 15.3 Å². The largest absolute Gasteiger partial charge is 0.453 e. The van der Waals surface area contributed by atoms with Gasteiger partial charge in [0.2, 0.25) is 0 Å². The molecule has 0 fully saturated rings. The van der Waals surface area contributed by atoms with Gasteiger partial charge in [0.15, 0.2) is 0 Å². The highest BCUT2D eigenvalue weighted by Gasteiger charge is 2.31. The van der Waals surface area contributed by atoms with E-state index in [9.17, 15) is 9.00 Å². The molecule has 1 aliphatic rings. The zero-order valence-corrected chi connectivity index (χ0v) is 16.0. The first-order chi connectivity index (χ1) is 11.0. The maximum absolute atomic E-state index is 12.3. The van der Waals surface area contributed by atoms with Crippen LogP contribution < -0.4 is 10.6 Å². The standard InChI is InChI=1S/C16H26N4O3S/c1-15(2,3)13-18-10-7-8-24(22)11(10)12(19-13)20-16(4,5)9-17-14(21)23-6/h7-9H2,1-6H3,(H,17,21)(H,18,19,20). The van der Waals surface area contributed by atoms with Crippen LogP contribution in [-0.2, 0) is 27.4 Å². The van der Waals surface area contributed by atoms with Crippen molar-refractivity contribution in [3.05, 3.63) is 11.5 Å². The number of methoxy groups -OCH3 is 1. The van der Waals surface area contributed by atoms with Crippen molar-refractivity contribution in [3.63, 3.8) is 0 Å². The fourth-order valence-corrected chi connectivity index (χ4v) is 3.65. The topological polar surface area (TPSA) is 93.2 Å². The molecule has 1 unspecified atom stereocenters. The second kappa shape index (κ2) is 6.66.